The van der Waals surface area contributed by atoms with Gasteiger partial charge in [-0.2, -0.15) is 0 Å². The van der Waals surface area contributed by atoms with E-state index in [2.05, 4.69) is 15.6 Å². The molecule has 0 atom stereocenters. The number of pyridine rings is 1. The van der Waals surface area contributed by atoms with E-state index >= 15 is 0 Å². The zero-order valence-electron chi connectivity index (χ0n) is 19.1. The minimum absolute atomic E-state index is 0.00181. The van der Waals surface area contributed by atoms with Crippen molar-refractivity contribution in [1.29, 1.82) is 5.41 Å². The van der Waals surface area contributed by atoms with Gasteiger partial charge in [-0.3, -0.25) is 15.0 Å². The maximum absolute atomic E-state index is 13.1. The first-order chi connectivity index (χ1) is 16.6. The fourth-order valence-corrected chi connectivity index (χ4v) is 3.24. The summed E-state index contributed by atoms with van der Waals surface area (Å²) in [5.41, 5.74) is 6.17. The smallest absolute Gasteiger partial charge is 0.355 e. The van der Waals surface area contributed by atoms with Crippen LogP contribution in [0.15, 0.2) is 54.6 Å². The molecule has 7 N–H and O–H groups in total. The Balaban J connectivity index is 1.99. The van der Waals surface area contributed by atoms with Gasteiger partial charge in [-0.15, -0.1) is 0 Å². The second kappa shape index (κ2) is 10.5. The summed E-state index contributed by atoms with van der Waals surface area (Å²) in [7, 11) is 0. The van der Waals surface area contributed by atoms with E-state index in [1.165, 1.54) is 30.3 Å². The van der Waals surface area contributed by atoms with Gasteiger partial charge in [-0.05, 0) is 66.1 Å². The van der Waals surface area contributed by atoms with Crippen LogP contribution >= 0.6 is 0 Å². The van der Waals surface area contributed by atoms with E-state index in [1.54, 1.807) is 24.3 Å². The van der Waals surface area contributed by atoms with E-state index in [4.69, 9.17) is 11.1 Å². The van der Waals surface area contributed by atoms with Gasteiger partial charge in [-0.25, -0.2) is 9.78 Å². The van der Waals surface area contributed by atoms with Crippen LogP contribution in [-0.4, -0.2) is 45.4 Å². The van der Waals surface area contributed by atoms with E-state index in [0.29, 0.717) is 17.8 Å². The Morgan fingerprint density at radius 2 is 1.66 bits per heavy atom. The maximum atomic E-state index is 13.1. The van der Waals surface area contributed by atoms with Crippen LogP contribution in [0.25, 0.3) is 11.1 Å². The number of anilines is 1. The molecule has 0 radical (unpaired) electrons. The molecule has 2 aromatic carbocycles. The van der Waals surface area contributed by atoms with Gasteiger partial charge in [0.2, 0.25) is 0 Å². The molecule has 0 aliphatic carbocycles. The molecule has 0 bridgehead atoms. The average Bonchev–Trinajstić information content (AvgIpc) is 2.82. The van der Waals surface area contributed by atoms with Crippen LogP contribution in [0.1, 0.15) is 50.7 Å². The molecular formula is C25H25N5O5. The molecule has 0 aliphatic rings. The van der Waals surface area contributed by atoms with Crippen LogP contribution in [0, 0.1) is 11.3 Å². The number of carbonyl (C=O) groups is 3. The van der Waals surface area contributed by atoms with Crippen LogP contribution in [0.3, 0.4) is 0 Å². The van der Waals surface area contributed by atoms with Crippen molar-refractivity contribution < 1.29 is 24.6 Å². The third-order valence-corrected chi connectivity index (χ3v) is 4.99. The van der Waals surface area contributed by atoms with Crippen LogP contribution < -0.4 is 16.4 Å². The number of nitrogens with one attached hydrogen (secondary N) is 3. The van der Waals surface area contributed by atoms with Crippen molar-refractivity contribution >= 4 is 29.3 Å². The van der Waals surface area contributed by atoms with Crippen LogP contribution in [0.5, 0.6) is 5.75 Å². The molecule has 3 aromatic rings. The lowest BCUT2D eigenvalue weighted by Crippen LogP contribution is -2.28. The fraction of sp³-hybridized carbons (Fsp3) is 0.160. The average molecular weight is 476 g/mol. The van der Waals surface area contributed by atoms with E-state index in [9.17, 15) is 24.6 Å². The highest BCUT2D eigenvalue weighted by Crippen LogP contribution is 2.30. The zero-order chi connectivity index (χ0) is 25.7. The number of carboxylic acid groups (broad SMARTS) is 1. The molecule has 10 heteroatoms. The minimum atomic E-state index is -1.38. The quantitative estimate of drug-likeness (QED) is 0.214. The molecule has 0 saturated carbocycles. The number of hydrogen-bond donors (Lipinski definition) is 6. The summed E-state index contributed by atoms with van der Waals surface area (Å²) in [5.74, 6) is -2.60. The van der Waals surface area contributed by atoms with Gasteiger partial charge < -0.3 is 26.6 Å². The highest BCUT2D eigenvalue weighted by molar-refractivity contribution is 6.10. The first-order valence-corrected chi connectivity index (χ1v) is 10.7. The number of rotatable bonds is 8. The number of carboxylic acids is 1. The molecule has 1 aromatic heterocycles. The number of nitrogen functional groups attached to an aromatic ring is 1. The van der Waals surface area contributed by atoms with Gasteiger partial charge in [0.25, 0.3) is 11.8 Å². The molecule has 0 unspecified atom stereocenters. The predicted molar refractivity (Wildman–Crippen MR) is 131 cm³/mol. The molecule has 1 heterocycles. The number of nitrogens with zero attached hydrogens (tertiary/aromatic N) is 1. The van der Waals surface area contributed by atoms with E-state index in [1.807, 2.05) is 13.8 Å². The monoisotopic (exact) mass is 475 g/mol. The molecule has 35 heavy (non-hydrogen) atoms. The number of nitrogens with two attached hydrogens (primary N) is 1. The number of aromatic hydroxyl groups is 1. The topological polar surface area (TPSA) is 178 Å². The first kappa shape index (κ1) is 24.9. The minimum Gasteiger partial charge on any atom is -0.508 e. The van der Waals surface area contributed by atoms with Gasteiger partial charge >= 0.3 is 5.97 Å². The molecule has 3 rings (SSSR count). The van der Waals surface area contributed by atoms with Crippen molar-refractivity contribution in [3.8, 4) is 16.9 Å². The summed E-state index contributed by atoms with van der Waals surface area (Å²) < 4.78 is 0. The summed E-state index contributed by atoms with van der Waals surface area (Å²) in [6.07, 6.45) is 0. The highest BCUT2D eigenvalue weighted by atomic mass is 16.4. The van der Waals surface area contributed by atoms with Gasteiger partial charge in [-0.1, -0.05) is 13.8 Å². The first-order valence-electron chi connectivity index (χ1n) is 10.7. The van der Waals surface area contributed by atoms with Gasteiger partial charge in [0, 0.05) is 23.4 Å². The lowest BCUT2D eigenvalue weighted by atomic mass is 9.96. The Labute approximate surface area is 201 Å². The lowest BCUT2D eigenvalue weighted by molar-refractivity contribution is 0.0691. The maximum Gasteiger partial charge on any atom is 0.355 e. The summed E-state index contributed by atoms with van der Waals surface area (Å²) in [6.45, 7) is 4.25. The molecule has 0 saturated heterocycles. The third-order valence-electron chi connectivity index (χ3n) is 4.99. The van der Waals surface area contributed by atoms with Crippen molar-refractivity contribution in [2.45, 2.75) is 13.8 Å². The summed E-state index contributed by atoms with van der Waals surface area (Å²) in [5, 5.41) is 32.6. The normalized spacial score (nSPS) is 10.6. The van der Waals surface area contributed by atoms with Gasteiger partial charge in [0.05, 0.1) is 5.56 Å². The SMILES string of the molecule is CC(C)CNC(=O)c1ccc(-c2ccc(O)cc2C(=O)Nc2ccc(C(=N)N)cc2)c(C(=O)O)n1. The number of amidine groups is 1. The highest BCUT2D eigenvalue weighted by Gasteiger charge is 2.22. The van der Waals surface area contributed by atoms with Crippen molar-refractivity contribution in [3.05, 3.63) is 77.1 Å². The molecule has 0 spiro atoms. The van der Waals surface area contributed by atoms with E-state index in [0.717, 1.165) is 0 Å². The fourth-order valence-electron chi connectivity index (χ4n) is 3.24. The number of hydrogen-bond acceptors (Lipinski definition) is 6. The molecule has 180 valence electrons. The lowest BCUT2D eigenvalue weighted by Gasteiger charge is -2.14. The Bertz CT molecular complexity index is 1300. The summed E-state index contributed by atoms with van der Waals surface area (Å²) >= 11 is 0. The van der Waals surface area contributed by atoms with E-state index in [-0.39, 0.29) is 39.9 Å². The number of aromatic nitrogens is 1. The molecule has 0 fully saturated rings. The number of benzene rings is 2. The number of amides is 2. The number of phenols is 1. The predicted octanol–water partition coefficient (Wildman–Crippen LogP) is 3.07. The Kier molecular flexibility index (Phi) is 7.45. The van der Waals surface area contributed by atoms with E-state index < -0.39 is 23.5 Å². The zero-order valence-corrected chi connectivity index (χ0v) is 19.1. The van der Waals surface area contributed by atoms with Crippen molar-refractivity contribution in [3.63, 3.8) is 0 Å². The standard InChI is InChI=1S/C25H25N5O5/c1-13(2)12-28-24(33)20-10-9-18(21(30-20)25(34)35)17-8-7-16(31)11-19(17)23(32)29-15-5-3-14(4-6-15)22(26)27/h3-11,13,31H,12H2,1-2H3,(H3,26,27)(H,28,33)(H,29,32)(H,34,35). The Hall–Kier alpha value is -4.73. The van der Waals surface area contributed by atoms with Crippen molar-refractivity contribution in [1.82, 2.24) is 10.3 Å². The number of aromatic carboxylic acids is 1. The third kappa shape index (κ3) is 5.99. The van der Waals surface area contributed by atoms with Crippen molar-refractivity contribution in [2.75, 3.05) is 11.9 Å². The van der Waals surface area contributed by atoms with Crippen molar-refractivity contribution in [2.24, 2.45) is 11.7 Å². The largest absolute Gasteiger partial charge is 0.508 e. The number of phenolic OH excluding ortho intramolecular Hbond substituents is 1. The second-order valence-electron chi connectivity index (χ2n) is 8.18. The van der Waals surface area contributed by atoms with Gasteiger partial charge in [0.1, 0.15) is 17.3 Å². The summed E-state index contributed by atoms with van der Waals surface area (Å²) in [4.78, 5) is 41.5. The number of carbonyl (C=O) groups excluding carboxylic acids is 2. The van der Waals surface area contributed by atoms with Crippen LogP contribution in [0.4, 0.5) is 5.69 Å². The molecule has 2 amide bonds. The van der Waals surface area contributed by atoms with Gasteiger partial charge in [0.15, 0.2) is 5.69 Å². The Morgan fingerprint density at radius 3 is 2.26 bits per heavy atom. The molecule has 0 aliphatic heterocycles. The Morgan fingerprint density at radius 1 is 1.00 bits per heavy atom. The van der Waals surface area contributed by atoms with Crippen LogP contribution in [0.2, 0.25) is 0 Å². The second-order valence-corrected chi connectivity index (χ2v) is 8.18. The van der Waals surface area contributed by atoms with Crippen LogP contribution in [-0.2, 0) is 0 Å². The molecular weight excluding hydrogens is 450 g/mol. The molecule has 10 nitrogen and oxygen atoms in total. The summed E-state index contributed by atoms with van der Waals surface area (Å²) in [6, 6.07) is 13.0.